The van der Waals surface area contributed by atoms with Gasteiger partial charge in [-0.25, -0.2) is 0 Å². The van der Waals surface area contributed by atoms with Crippen LogP contribution in [0.25, 0.3) is 0 Å². The first-order valence-electron chi connectivity index (χ1n) is 2.00. The van der Waals surface area contributed by atoms with Gasteiger partial charge in [-0.1, -0.05) is 0 Å². The van der Waals surface area contributed by atoms with Crippen LogP contribution in [0.2, 0.25) is 0 Å². The van der Waals surface area contributed by atoms with Crippen molar-refractivity contribution in [1.29, 1.82) is 0 Å². The van der Waals surface area contributed by atoms with Crippen LogP contribution in [-0.4, -0.2) is 7.95 Å². The van der Waals surface area contributed by atoms with Crippen molar-refractivity contribution in [3.63, 3.8) is 0 Å². The topological polar surface area (TPSA) is 123 Å². The fourth-order valence-corrected chi connectivity index (χ4v) is 0.917. The summed E-state index contributed by atoms with van der Waals surface area (Å²) in [4.78, 5) is 35.2. The van der Waals surface area contributed by atoms with E-state index in [4.69, 9.17) is 0 Å². The van der Waals surface area contributed by atoms with Crippen molar-refractivity contribution in [3.05, 3.63) is 0 Å². The van der Waals surface area contributed by atoms with Gasteiger partial charge in [-0.3, -0.25) is 0 Å². The number of nitrogens with two attached hydrogens (primary N) is 2. The fraction of sp³-hybridized carbons (Fsp3) is 0. The van der Waals surface area contributed by atoms with Gasteiger partial charge in [0.25, 0.3) is 0 Å². The van der Waals surface area contributed by atoms with E-state index in [0.29, 0.717) is 0 Å². The van der Waals surface area contributed by atoms with Crippen LogP contribution < -0.4 is 33.0 Å². The summed E-state index contributed by atoms with van der Waals surface area (Å²) < 4.78 is -1.82. The van der Waals surface area contributed by atoms with Crippen molar-refractivity contribution in [2.24, 2.45) is 11.8 Å². The zero-order valence-electron chi connectivity index (χ0n) is 4.98. The molecule has 66 valence electrons. The minimum atomic E-state index is -1.65. The molecule has 0 unspecified atom stereocenters. The van der Waals surface area contributed by atoms with Gasteiger partial charge in [-0.15, -0.1) is 0 Å². The molecule has 0 aromatic rings. The van der Waals surface area contributed by atoms with E-state index < -0.39 is 29.2 Å². The van der Waals surface area contributed by atoms with Crippen LogP contribution in [0.15, 0.2) is 0 Å². The summed E-state index contributed by atoms with van der Waals surface area (Å²) in [7, 11) is 0. The van der Waals surface area contributed by atoms with Crippen LogP contribution in [-0.2, 0) is 19.8 Å². The molecule has 0 rings (SSSR count). The van der Waals surface area contributed by atoms with Gasteiger partial charge in [0.15, 0.2) is 0 Å². The second-order valence-electron chi connectivity index (χ2n) is 0.929. The van der Waals surface area contributed by atoms with E-state index in [-0.39, 0.29) is 0 Å². The zero-order valence-corrected chi connectivity index (χ0v) is 7.14. The van der Waals surface area contributed by atoms with Gasteiger partial charge in [0.05, 0.1) is 0 Å². The molecular weight excluding hydrogens is 275 g/mol. The first-order valence-corrected chi connectivity index (χ1v) is 4.16. The van der Waals surface area contributed by atoms with E-state index in [2.05, 4.69) is 31.5 Å². The van der Waals surface area contributed by atoms with Crippen molar-refractivity contribution in [2.45, 2.75) is 0 Å². The molecule has 0 aromatic heterocycles. The number of rotatable bonds is 4. The van der Waals surface area contributed by atoms with Crippen molar-refractivity contribution in [3.8, 4) is 0 Å². The number of hydrogen-bond donors (Lipinski definition) is 2. The zero-order chi connectivity index (χ0) is 8.69. The summed E-state index contributed by atoms with van der Waals surface area (Å²) in [5.74, 6) is 8.69. The molecule has 0 aromatic carbocycles. The Balaban J connectivity index is 3.49. The number of hydrogen-bond acceptors (Lipinski definition) is 8. The van der Waals surface area contributed by atoms with Gasteiger partial charge in [0.1, 0.15) is 0 Å². The normalized spacial score (nSPS) is 9.27. The monoisotopic (exact) mass is 279 g/mol. The summed E-state index contributed by atoms with van der Waals surface area (Å²) in [6.07, 6.45) is 0. The Hall–Kier alpha value is -0.490. The molecule has 0 aliphatic rings. The second kappa shape index (κ2) is 6.23. The van der Waals surface area contributed by atoms with Crippen LogP contribution in [0.4, 0.5) is 9.59 Å². The van der Waals surface area contributed by atoms with Crippen LogP contribution in [0, 0.1) is 0 Å². The Bertz CT molecular complexity index is 134. The standard InChI is InChI=1S/C2H4IN2O6/c4-10-8-1(6)3-2(7)9-11-5/h4-5H2/q-1. The molecule has 0 bridgehead atoms. The molecule has 0 atom stereocenters. The quantitative estimate of drug-likeness (QED) is 0.231. The molecule has 0 aliphatic carbocycles. The predicted molar refractivity (Wildman–Crippen MR) is 23.5 cm³/mol. The Morgan fingerprint density at radius 1 is 1.00 bits per heavy atom. The van der Waals surface area contributed by atoms with E-state index in [9.17, 15) is 9.59 Å². The molecule has 9 heteroatoms. The van der Waals surface area contributed by atoms with Gasteiger partial charge in [-0.05, 0) is 0 Å². The average Bonchev–Trinajstić information content (AvgIpc) is 1.87. The number of carbonyl (C=O) groups is 2. The molecule has 11 heavy (non-hydrogen) atoms. The van der Waals surface area contributed by atoms with E-state index in [1.165, 1.54) is 0 Å². The molecule has 0 radical (unpaired) electrons. The molecule has 0 amide bonds. The average molecular weight is 279 g/mol. The van der Waals surface area contributed by atoms with Crippen molar-refractivity contribution in [2.75, 3.05) is 0 Å². The van der Waals surface area contributed by atoms with E-state index in [0.717, 1.165) is 0 Å². The molecule has 0 spiro atoms. The molecule has 8 nitrogen and oxygen atoms in total. The summed E-state index contributed by atoms with van der Waals surface area (Å²) >= 11 is -1.65. The van der Waals surface area contributed by atoms with Crippen molar-refractivity contribution < 1.29 is 50.5 Å². The van der Waals surface area contributed by atoms with Gasteiger partial charge in [0, 0.05) is 0 Å². The van der Waals surface area contributed by atoms with Crippen LogP contribution >= 0.6 is 0 Å². The van der Waals surface area contributed by atoms with Crippen LogP contribution in [0.5, 0.6) is 0 Å². The predicted octanol–water partition coefficient (Wildman–Crippen LogP) is -4.04. The molecule has 0 saturated heterocycles. The summed E-state index contributed by atoms with van der Waals surface area (Å²) in [5, 5.41) is 0. The Labute approximate surface area is 70.7 Å². The Morgan fingerprint density at radius 2 is 1.36 bits per heavy atom. The molecule has 0 heterocycles. The third-order valence-electron chi connectivity index (χ3n) is 0.382. The molecule has 0 fully saturated rings. The first-order chi connectivity index (χ1) is 5.20. The summed E-state index contributed by atoms with van der Waals surface area (Å²) in [5.41, 5.74) is 0. The first kappa shape index (κ1) is 10.5. The van der Waals surface area contributed by atoms with Crippen molar-refractivity contribution >= 4 is 7.95 Å². The third kappa shape index (κ3) is 5.93. The number of halogens is 1. The third-order valence-corrected chi connectivity index (χ3v) is 1.62. The summed E-state index contributed by atoms with van der Waals surface area (Å²) in [6.45, 7) is 0. The van der Waals surface area contributed by atoms with Crippen LogP contribution in [0.3, 0.4) is 0 Å². The fourth-order valence-electron chi connectivity index (χ4n) is 0.170. The maximum atomic E-state index is 10.4. The number of carbonyl (C=O) groups excluding carboxylic acids is 2. The Kier molecular flexibility index (Phi) is 5.96. The Morgan fingerprint density at radius 3 is 1.64 bits per heavy atom. The van der Waals surface area contributed by atoms with Gasteiger partial charge in [-0.2, -0.15) is 0 Å². The molecule has 4 N–H and O–H groups in total. The molecule has 0 aliphatic heterocycles. The van der Waals surface area contributed by atoms with Crippen molar-refractivity contribution in [1.82, 2.24) is 0 Å². The van der Waals surface area contributed by atoms with E-state index in [1.54, 1.807) is 0 Å². The molecule has 0 saturated carbocycles. The van der Waals surface area contributed by atoms with Gasteiger partial charge < -0.3 is 0 Å². The SMILES string of the molecule is NOOC(=O)[I-]C(=O)OON. The van der Waals surface area contributed by atoms with Crippen LogP contribution in [0.1, 0.15) is 0 Å². The minimum absolute atomic E-state index is 0.909. The van der Waals surface area contributed by atoms with E-state index in [1.807, 2.05) is 0 Å². The van der Waals surface area contributed by atoms with Gasteiger partial charge in [0.2, 0.25) is 0 Å². The van der Waals surface area contributed by atoms with E-state index >= 15 is 0 Å². The second-order valence-corrected chi connectivity index (χ2v) is 3.23. The molecular formula is C2H4IN2O6-. The summed E-state index contributed by atoms with van der Waals surface area (Å²) in [6, 6.07) is 0. The maximum absolute atomic E-state index is 10.4. The van der Waals surface area contributed by atoms with Gasteiger partial charge >= 0.3 is 70.3 Å².